The minimum atomic E-state index is 0.284. The molecule has 0 aliphatic heterocycles. The first-order valence-electron chi connectivity index (χ1n) is 5.09. The number of hydrogen-bond acceptors (Lipinski definition) is 4. The Morgan fingerprint density at radius 2 is 2.40 bits per heavy atom. The summed E-state index contributed by atoms with van der Waals surface area (Å²) in [6, 6.07) is 0.569. The minimum Gasteiger partial charge on any atom is -0.388 e. The standard InChI is InChI=1S/C10H14N4S/c1-2-6-3-7(6)14-9-5-12-8(4-13-9)10(11)15/h4-7H,2-3H2,1H3,(H2,11,15)(H,13,14). The number of aromatic nitrogens is 2. The molecule has 2 atom stereocenters. The highest BCUT2D eigenvalue weighted by molar-refractivity contribution is 7.80. The predicted octanol–water partition coefficient (Wildman–Crippen LogP) is 1.32. The molecule has 1 fully saturated rings. The summed E-state index contributed by atoms with van der Waals surface area (Å²) >= 11 is 4.80. The van der Waals surface area contributed by atoms with Crippen LogP contribution in [0.2, 0.25) is 0 Å². The van der Waals surface area contributed by atoms with E-state index in [9.17, 15) is 0 Å². The molecule has 0 saturated heterocycles. The van der Waals surface area contributed by atoms with Gasteiger partial charge in [0, 0.05) is 6.04 Å². The first kappa shape index (κ1) is 10.3. The number of nitrogens with zero attached hydrogens (tertiary/aromatic N) is 2. The Bertz CT molecular complexity index is 362. The van der Waals surface area contributed by atoms with Crippen molar-refractivity contribution in [3.8, 4) is 0 Å². The van der Waals surface area contributed by atoms with E-state index >= 15 is 0 Å². The molecule has 4 nitrogen and oxygen atoms in total. The van der Waals surface area contributed by atoms with Crippen molar-refractivity contribution in [3.05, 3.63) is 18.1 Å². The van der Waals surface area contributed by atoms with E-state index in [1.54, 1.807) is 12.4 Å². The highest BCUT2D eigenvalue weighted by Crippen LogP contribution is 2.35. The first-order valence-corrected chi connectivity index (χ1v) is 5.50. The molecule has 3 N–H and O–H groups in total. The van der Waals surface area contributed by atoms with E-state index in [4.69, 9.17) is 18.0 Å². The van der Waals surface area contributed by atoms with Crippen LogP contribution in [0.1, 0.15) is 25.5 Å². The number of thiocarbonyl (C=S) groups is 1. The quantitative estimate of drug-likeness (QED) is 0.752. The van der Waals surface area contributed by atoms with Crippen LogP contribution in [-0.4, -0.2) is 21.0 Å². The third kappa shape index (κ3) is 2.41. The van der Waals surface area contributed by atoms with Crippen LogP contribution < -0.4 is 11.1 Å². The summed E-state index contributed by atoms with van der Waals surface area (Å²) in [6.07, 6.45) is 5.73. The van der Waals surface area contributed by atoms with Gasteiger partial charge in [-0.1, -0.05) is 25.6 Å². The normalized spacial score (nSPS) is 23.5. The van der Waals surface area contributed by atoms with E-state index in [0.717, 1.165) is 11.7 Å². The maximum atomic E-state index is 5.43. The van der Waals surface area contributed by atoms with Crippen molar-refractivity contribution < 1.29 is 0 Å². The highest BCUT2D eigenvalue weighted by Gasteiger charge is 2.35. The monoisotopic (exact) mass is 222 g/mol. The fraction of sp³-hybridized carbons (Fsp3) is 0.500. The van der Waals surface area contributed by atoms with Crippen molar-refractivity contribution in [2.45, 2.75) is 25.8 Å². The van der Waals surface area contributed by atoms with E-state index in [-0.39, 0.29) is 4.99 Å². The summed E-state index contributed by atoms with van der Waals surface area (Å²) in [6.45, 7) is 2.20. The van der Waals surface area contributed by atoms with E-state index in [1.165, 1.54) is 12.8 Å². The van der Waals surface area contributed by atoms with Gasteiger partial charge < -0.3 is 11.1 Å². The number of rotatable bonds is 4. The summed E-state index contributed by atoms with van der Waals surface area (Å²) in [5.74, 6) is 1.60. The molecule has 80 valence electrons. The zero-order valence-electron chi connectivity index (χ0n) is 8.60. The van der Waals surface area contributed by atoms with Gasteiger partial charge in [0.25, 0.3) is 0 Å². The molecular weight excluding hydrogens is 208 g/mol. The topological polar surface area (TPSA) is 63.8 Å². The maximum absolute atomic E-state index is 5.43. The van der Waals surface area contributed by atoms with Crippen LogP contribution in [0.25, 0.3) is 0 Å². The number of nitrogens with two attached hydrogens (primary N) is 1. The summed E-state index contributed by atoms with van der Waals surface area (Å²) in [5, 5.41) is 3.33. The molecular formula is C10H14N4S. The van der Waals surface area contributed by atoms with Crippen LogP contribution in [-0.2, 0) is 0 Å². The largest absolute Gasteiger partial charge is 0.388 e. The predicted molar refractivity (Wildman–Crippen MR) is 63.7 cm³/mol. The average Bonchev–Trinajstić information content (AvgIpc) is 2.97. The molecule has 1 heterocycles. The van der Waals surface area contributed by atoms with Gasteiger partial charge in [0.15, 0.2) is 0 Å². The van der Waals surface area contributed by atoms with Gasteiger partial charge in [-0.15, -0.1) is 0 Å². The Labute approximate surface area is 94.3 Å². The smallest absolute Gasteiger partial charge is 0.144 e. The molecule has 1 aliphatic rings. The summed E-state index contributed by atoms with van der Waals surface area (Å²) in [5.41, 5.74) is 6.00. The Morgan fingerprint density at radius 1 is 1.60 bits per heavy atom. The maximum Gasteiger partial charge on any atom is 0.144 e. The van der Waals surface area contributed by atoms with E-state index in [1.807, 2.05) is 0 Å². The van der Waals surface area contributed by atoms with E-state index in [2.05, 4.69) is 22.2 Å². The van der Waals surface area contributed by atoms with Crippen LogP contribution in [0.5, 0.6) is 0 Å². The van der Waals surface area contributed by atoms with Crippen molar-refractivity contribution >= 4 is 23.0 Å². The van der Waals surface area contributed by atoms with Gasteiger partial charge in [-0.25, -0.2) is 9.97 Å². The van der Waals surface area contributed by atoms with Crippen LogP contribution in [0.3, 0.4) is 0 Å². The lowest BCUT2D eigenvalue weighted by Gasteiger charge is -2.04. The second-order valence-electron chi connectivity index (χ2n) is 3.81. The van der Waals surface area contributed by atoms with Crippen LogP contribution >= 0.6 is 12.2 Å². The molecule has 0 radical (unpaired) electrons. The van der Waals surface area contributed by atoms with Gasteiger partial charge in [-0.3, -0.25) is 0 Å². The fourth-order valence-electron chi connectivity index (χ4n) is 1.60. The molecule has 1 saturated carbocycles. The van der Waals surface area contributed by atoms with E-state index in [0.29, 0.717) is 11.7 Å². The lowest BCUT2D eigenvalue weighted by Crippen LogP contribution is -2.13. The molecule has 2 unspecified atom stereocenters. The van der Waals surface area contributed by atoms with Crippen molar-refractivity contribution in [1.29, 1.82) is 0 Å². The van der Waals surface area contributed by atoms with Gasteiger partial charge in [-0.05, 0) is 12.3 Å². The van der Waals surface area contributed by atoms with Gasteiger partial charge in [-0.2, -0.15) is 0 Å². The highest BCUT2D eigenvalue weighted by atomic mass is 32.1. The zero-order chi connectivity index (χ0) is 10.8. The molecule has 1 aromatic heterocycles. The van der Waals surface area contributed by atoms with E-state index < -0.39 is 0 Å². The number of anilines is 1. The second-order valence-corrected chi connectivity index (χ2v) is 4.25. The number of hydrogen-bond donors (Lipinski definition) is 2. The molecule has 0 spiro atoms. The van der Waals surface area contributed by atoms with Crippen molar-refractivity contribution in [2.24, 2.45) is 11.7 Å². The second kappa shape index (κ2) is 4.10. The summed E-state index contributed by atoms with van der Waals surface area (Å²) < 4.78 is 0. The fourth-order valence-corrected chi connectivity index (χ4v) is 1.70. The average molecular weight is 222 g/mol. The van der Waals surface area contributed by atoms with Crippen molar-refractivity contribution in [3.63, 3.8) is 0 Å². The third-order valence-electron chi connectivity index (χ3n) is 2.68. The molecule has 0 aromatic carbocycles. The molecule has 1 aromatic rings. The molecule has 15 heavy (non-hydrogen) atoms. The lowest BCUT2D eigenvalue weighted by atomic mass is 10.3. The van der Waals surface area contributed by atoms with Crippen LogP contribution in [0.15, 0.2) is 12.4 Å². The number of nitrogens with one attached hydrogen (secondary N) is 1. The molecule has 0 amide bonds. The summed E-state index contributed by atoms with van der Waals surface area (Å²) in [4.78, 5) is 8.61. The van der Waals surface area contributed by atoms with Crippen molar-refractivity contribution in [2.75, 3.05) is 5.32 Å². The Balaban J connectivity index is 1.96. The molecule has 1 aliphatic carbocycles. The first-order chi connectivity index (χ1) is 7.20. The van der Waals surface area contributed by atoms with Crippen LogP contribution in [0, 0.1) is 5.92 Å². The molecule has 5 heteroatoms. The van der Waals surface area contributed by atoms with Gasteiger partial charge in [0.1, 0.15) is 16.5 Å². The van der Waals surface area contributed by atoms with Gasteiger partial charge >= 0.3 is 0 Å². The third-order valence-corrected chi connectivity index (χ3v) is 2.89. The lowest BCUT2D eigenvalue weighted by molar-refractivity contribution is 0.773. The van der Waals surface area contributed by atoms with Gasteiger partial charge in [0.2, 0.25) is 0 Å². The Morgan fingerprint density at radius 3 is 2.87 bits per heavy atom. The molecule has 0 bridgehead atoms. The minimum absolute atomic E-state index is 0.284. The van der Waals surface area contributed by atoms with Gasteiger partial charge in [0.05, 0.1) is 12.4 Å². The Hall–Kier alpha value is -1.23. The van der Waals surface area contributed by atoms with Crippen molar-refractivity contribution in [1.82, 2.24) is 9.97 Å². The molecule has 2 rings (SSSR count). The SMILES string of the molecule is CCC1CC1Nc1cnc(C(N)=S)cn1. The Kier molecular flexibility index (Phi) is 2.81. The summed E-state index contributed by atoms with van der Waals surface area (Å²) in [7, 11) is 0. The van der Waals surface area contributed by atoms with Crippen LogP contribution in [0.4, 0.5) is 5.82 Å². The zero-order valence-corrected chi connectivity index (χ0v) is 9.42.